The van der Waals surface area contributed by atoms with E-state index in [0.29, 0.717) is 0 Å². The van der Waals surface area contributed by atoms with E-state index in [4.69, 9.17) is 21.1 Å². The van der Waals surface area contributed by atoms with Crippen LogP contribution >= 0.6 is 11.6 Å². The molecule has 0 bridgehead atoms. The molecule has 2 N–H and O–H groups in total. The summed E-state index contributed by atoms with van der Waals surface area (Å²) in [6.07, 6.45) is -6.84. The number of halogens is 6. The van der Waals surface area contributed by atoms with E-state index >= 15 is 0 Å². The molecule has 1 aliphatic heterocycles. The van der Waals surface area contributed by atoms with Gasteiger partial charge in [-0.05, 0) is 37.9 Å². The Kier molecular flexibility index (Phi) is 9.45. The number of aliphatic hydroxyl groups is 2. The zero-order valence-corrected chi connectivity index (χ0v) is 23.0. The minimum absolute atomic E-state index is 0.0261. The maximum atomic E-state index is 14.0. The van der Waals surface area contributed by atoms with Crippen LogP contribution < -0.4 is 9.75 Å². The molecule has 4 unspecified atom stereocenters. The van der Waals surface area contributed by atoms with Gasteiger partial charge in [0.2, 0.25) is 0 Å². The van der Waals surface area contributed by atoms with Crippen molar-refractivity contribution in [1.82, 2.24) is 15.0 Å². The van der Waals surface area contributed by atoms with E-state index in [2.05, 4.69) is 27.1 Å². The first-order valence-electron chi connectivity index (χ1n) is 12.4. The van der Waals surface area contributed by atoms with Gasteiger partial charge in [-0.15, -0.1) is 5.10 Å². The van der Waals surface area contributed by atoms with Crippen LogP contribution in [0.15, 0.2) is 46.6 Å². The van der Waals surface area contributed by atoms with Gasteiger partial charge in [-0.2, -0.15) is 18.3 Å². The summed E-state index contributed by atoms with van der Waals surface area (Å²) in [6, 6.07) is 4.22. The molecular formula is C26H26ClF5N6O4. The molecule has 4 rings (SSSR count). The largest absolute Gasteiger partial charge is 0.497 e. The van der Waals surface area contributed by atoms with E-state index in [0.717, 1.165) is 29.3 Å². The van der Waals surface area contributed by atoms with Gasteiger partial charge >= 0.3 is 6.18 Å². The topological polar surface area (TPSA) is 118 Å². The highest BCUT2D eigenvalue weighted by molar-refractivity contribution is 6.31. The molecule has 1 fully saturated rings. The number of anilines is 1. The van der Waals surface area contributed by atoms with Crippen LogP contribution in [0.5, 0.6) is 5.75 Å². The average molecular weight is 617 g/mol. The molecule has 226 valence electrons. The summed E-state index contributed by atoms with van der Waals surface area (Å²) in [5, 5.41) is 33.3. The molecule has 2 aromatic carbocycles. The lowest BCUT2D eigenvalue weighted by atomic mass is 9.95. The molecular weight excluding hydrogens is 591 g/mol. The Morgan fingerprint density at radius 2 is 1.95 bits per heavy atom. The second kappa shape index (κ2) is 12.7. The monoisotopic (exact) mass is 616 g/mol. The fourth-order valence-corrected chi connectivity index (χ4v) is 4.64. The molecule has 4 atom stereocenters. The van der Waals surface area contributed by atoms with Crippen molar-refractivity contribution in [2.75, 3.05) is 25.3 Å². The number of benzene rings is 2. The van der Waals surface area contributed by atoms with Crippen molar-refractivity contribution >= 4 is 29.8 Å². The van der Waals surface area contributed by atoms with Gasteiger partial charge in [0.25, 0.3) is 0 Å². The normalized spacial score (nSPS) is 21.3. The maximum absolute atomic E-state index is 14.0. The van der Waals surface area contributed by atoms with Gasteiger partial charge in [0, 0.05) is 18.1 Å². The lowest BCUT2D eigenvalue weighted by molar-refractivity contribution is -0.153. The second-order valence-corrected chi connectivity index (χ2v) is 9.76. The quantitative estimate of drug-likeness (QED) is 0.126. The van der Waals surface area contributed by atoms with Crippen LogP contribution in [0.25, 0.3) is 11.3 Å². The van der Waals surface area contributed by atoms with Crippen LogP contribution in [0, 0.1) is 11.6 Å². The van der Waals surface area contributed by atoms with Gasteiger partial charge in [-0.1, -0.05) is 16.8 Å². The first kappa shape index (κ1) is 31.3. The highest BCUT2D eigenvalue weighted by atomic mass is 35.5. The molecule has 16 heteroatoms. The van der Waals surface area contributed by atoms with E-state index in [-0.39, 0.29) is 41.5 Å². The Balaban J connectivity index is 1.69. The number of hydrogen-bond acceptors (Lipinski definition) is 8. The zero-order chi connectivity index (χ0) is 30.8. The third-order valence-corrected chi connectivity index (χ3v) is 6.98. The van der Waals surface area contributed by atoms with Crippen molar-refractivity contribution in [3.05, 3.63) is 58.7 Å². The maximum Gasteiger partial charge on any atom is 0.418 e. The van der Waals surface area contributed by atoms with Crippen molar-refractivity contribution in [2.24, 2.45) is 10.1 Å². The van der Waals surface area contributed by atoms with E-state index in [1.807, 2.05) is 0 Å². The summed E-state index contributed by atoms with van der Waals surface area (Å²) in [5.74, 6) is -1.82. The molecule has 0 radical (unpaired) electrons. The van der Waals surface area contributed by atoms with Crippen molar-refractivity contribution in [2.45, 2.75) is 43.9 Å². The number of rotatable bonds is 8. The van der Waals surface area contributed by atoms with E-state index < -0.39 is 59.4 Å². The fraction of sp³-hybridized carbons (Fsp3) is 0.385. The van der Waals surface area contributed by atoms with Crippen molar-refractivity contribution < 1.29 is 41.6 Å². The summed E-state index contributed by atoms with van der Waals surface area (Å²) in [7, 11) is 1.30. The van der Waals surface area contributed by atoms with Gasteiger partial charge < -0.3 is 19.7 Å². The smallest absolute Gasteiger partial charge is 0.418 e. The molecule has 0 aliphatic carbocycles. The number of aliphatic imine (C=N–C) groups is 1. The number of alkyl halides is 3. The minimum atomic E-state index is -4.75. The molecule has 3 aromatic rings. The highest BCUT2D eigenvalue weighted by Gasteiger charge is 2.41. The average Bonchev–Trinajstić information content (AvgIpc) is 3.45. The summed E-state index contributed by atoms with van der Waals surface area (Å²) in [4.78, 5) is 3.68. The summed E-state index contributed by atoms with van der Waals surface area (Å²) in [5.41, 5.74) is -1.27. The third-order valence-electron chi connectivity index (χ3n) is 6.62. The molecule has 2 heterocycles. The van der Waals surface area contributed by atoms with Crippen LogP contribution in [0.4, 0.5) is 27.6 Å². The lowest BCUT2D eigenvalue weighted by Gasteiger charge is -2.40. The molecule has 10 nitrogen and oxygen atoms in total. The molecule has 0 amide bonds. The Labute approximate surface area is 241 Å². The Bertz CT molecular complexity index is 1450. The number of amidine groups is 1. The van der Waals surface area contributed by atoms with Gasteiger partial charge in [0.15, 0.2) is 0 Å². The first-order chi connectivity index (χ1) is 19.9. The predicted octanol–water partition coefficient (Wildman–Crippen LogP) is 4.50. The third kappa shape index (κ3) is 6.69. The zero-order valence-electron chi connectivity index (χ0n) is 22.3. The Morgan fingerprint density at radius 1 is 1.26 bits per heavy atom. The number of hydrogen-bond donors (Lipinski definition) is 2. The van der Waals surface area contributed by atoms with Crippen LogP contribution in [0.1, 0.15) is 24.9 Å². The minimum Gasteiger partial charge on any atom is -0.497 e. The molecule has 1 aromatic heterocycles. The number of ether oxygens (including phenoxy) is 2. The van der Waals surface area contributed by atoms with E-state index in [1.54, 1.807) is 0 Å². The van der Waals surface area contributed by atoms with Crippen LogP contribution in [0.3, 0.4) is 0 Å². The number of methoxy groups -OCH3 is 1. The SMILES string of the molecule is C=N/C(C)=N\N(CC1CC(n2cc(-c3cc(F)c(Cl)c(F)c3)nn2)C(O)C(CO)O1)c1cc(OC)ccc1C(F)(F)F. The van der Waals surface area contributed by atoms with E-state index in [1.165, 1.54) is 31.0 Å². The number of aliphatic hydroxyl groups excluding tert-OH is 2. The van der Waals surface area contributed by atoms with Crippen LogP contribution in [-0.4, -0.2) is 76.3 Å². The molecule has 42 heavy (non-hydrogen) atoms. The van der Waals surface area contributed by atoms with Gasteiger partial charge in [-0.3, -0.25) is 5.01 Å². The van der Waals surface area contributed by atoms with Gasteiger partial charge in [0.05, 0.1) is 49.9 Å². The fourth-order valence-electron chi connectivity index (χ4n) is 4.53. The van der Waals surface area contributed by atoms with E-state index in [9.17, 15) is 32.2 Å². The summed E-state index contributed by atoms with van der Waals surface area (Å²) in [6.45, 7) is 3.89. The van der Waals surface area contributed by atoms with Gasteiger partial charge in [0.1, 0.15) is 46.1 Å². The second-order valence-electron chi connectivity index (χ2n) is 9.38. The van der Waals surface area contributed by atoms with Crippen molar-refractivity contribution in [3.63, 3.8) is 0 Å². The van der Waals surface area contributed by atoms with Crippen molar-refractivity contribution in [1.29, 1.82) is 0 Å². The summed E-state index contributed by atoms with van der Waals surface area (Å²) >= 11 is 5.56. The number of nitrogens with zero attached hydrogens (tertiary/aromatic N) is 6. The molecule has 1 saturated heterocycles. The first-order valence-corrected chi connectivity index (χ1v) is 12.8. The number of aromatic nitrogens is 3. The Hall–Kier alpha value is -3.66. The van der Waals surface area contributed by atoms with Crippen LogP contribution in [-0.2, 0) is 10.9 Å². The van der Waals surface area contributed by atoms with Gasteiger partial charge in [-0.25, -0.2) is 18.5 Å². The number of hydrazone groups is 1. The lowest BCUT2D eigenvalue weighted by Crippen LogP contribution is -2.50. The standard InChI is InChI=1S/C26H26ClF5N6O4/c1-13(33-2)35-37(21-8-15(41-3)4-5-17(21)26(30,31)32)10-16-9-22(25(40)23(12-39)42-16)38-11-20(34-36-38)14-6-18(28)24(27)19(29)7-14/h4-8,11,16,22-23,25,39-40H,2,9-10,12H2,1,3H3/b35-13-. The highest BCUT2D eigenvalue weighted by Crippen LogP contribution is 2.40. The molecule has 1 aliphatic rings. The van der Waals surface area contributed by atoms with Crippen LogP contribution in [0.2, 0.25) is 5.02 Å². The molecule has 0 spiro atoms. The summed E-state index contributed by atoms with van der Waals surface area (Å²) < 4.78 is 82.2. The Morgan fingerprint density at radius 3 is 2.55 bits per heavy atom. The predicted molar refractivity (Wildman–Crippen MR) is 144 cm³/mol. The van der Waals surface area contributed by atoms with Crippen molar-refractivity contribution in [3.8, 4) is 17.0 Å². The molecule has 0 saturated carbocycles.